The first-order valence-electron chi connectivity index (χ1n) is 11.3. The number of benzene rings is 1. The van der Waals surface area contributed by atoms with Crippen molar-refractivity contribution in [3.63, 3.8) is 0 Å². The van der Waals surface area contributed by atoms with Crippen LogP contribution in [0.15, 0.2) is 18.2 Å². The molecular formula is C24H34N2O. The molecule has 1 unspecified atom stereocenters. The van der Waals surface area contributed by atoms with Crippen molar-refractivity contribution in [2.75, 3.05) is 5.32 Å². The second-order valence-electron chi connectivity index (χ2n) is 10.1. The molecule has 1 atom stereocenters. The normalized spacial score (nSPS) is 34.3. The van der Waals surface area contributed by atoms with Crippen LogP contribution in [0, 0.1) is 23.2 Å². The van der Waals surface area contributed by atoms with E-state index in [1.807, 2.05) is 0 Å². The summed E-state index contributed by atoms with van der Waals surface area (Å²) in [6.07, 6.45) is 14.3. The molecule has 1 aromatic rings. The van der Waals surface area contributed by atoms with Gasteiger partial charge in [-0.15, -0.1) is 0 Å². The number of hydrogen-bond donors (Lipinski definition) is 2. The molecule has 146 valence electrons. The van der Waals surface area contributed by atoms with E-state index in [-0.39, 0.29) is 6.03 Å². The number of urea groups is 1. The van der Waals surface area contributed by atoms with Crippen LogP contribution in [-0.4, -0.2) is 12.1 Å². The van der Waals surface area contributed by atoms with Gasteiger partial charge < -0.3 is 10.6 Å². The Balaban J connectivity index is 1.29. The molecule has 4 fully saturated rings. The molecule has 5 aliphatic carbocycles. The van der Waals surface area contributed by atoms with Gasteiger partial charge in [-0.05, 0) is 111 Å². The largest absolute Gasteiger partial charge is 0.335 e. The number of aryl methyl sites for hydroxylation is 2. The highest BCUT2D eigenvalue weighted by molar-refractivity contribution is 5.89. The van der Waals surface area contributed by atoms with E-state index in [9.17, 15) is 4.79 Å². The van der Waals surface area contributed by atoms with Crippen LogP contribution < -0.4 is 10.6 Å². The smallest absolute Gasteiger partial charge is 0.319 e. The number of hydrogen-bond acceptors (Lipinski definition) is 1. The molecule has 1 aromatic carbocycles. The van der Waals surface area contributed by atoms with Gasteiger partial charge in [-0.2, -0.15) is 0 Å². The second kappa shape index (κ2) is 6.83. The van der Waals surface area contributed by atoms with Gasteiger partial charge in [0.2, 0.25) is 0 Å². The molecule has 5 aliphatic rings. The fraction of sp³-hybridized carbons (Fsp3) is 0.708. The molecular weight excluding hydrogens is 332 g/mol. The molecule has 3 heteroatoms. The molecule has 4 saturated carbocycles. The topological polar surface area (TPSA) is 41.1 Å². The SMILES string of the molecule is CCCC(NC(=O)Nc1ccc2c(c1)CCC2)C12CC3CC(CC(C3)C1)C2. The first-order chi connectivity index (χ1) is 13.1. The highest BCUT2D eigenvalue weighted by Gasteiger charge is 2.54. The lowest BCUT2D eigenvalue weighted by molar-refractivity contribution is -0.0727. The van der Waals surface area contributed by atoms with E-state index in [1.54, 1.807) is 0 Å². The van der Waals surface area contributed by atoms with Gasteiger partial charge >= 0.3 is 6.03 Å². The number of carbonyl (C=O) groups excluding carboxylic acids is 1. The Morgan fingerprint density at radius 1 is 1.07 bits per heavy atom. The van der Waals surface area contributed by atoms with Crippen molar-refractivity contribution in [2.45, 2.75) is 83.6 Å². The van der Waals surface area contributed by atoms with Crippen molar-refractivity contribution in [2.24, 2.45) is 23.2 Å². The van der Waals surface area contributed by atoms with E-state index in [4.69, 9.17) is 0 Å². The Labute approximate surface area is 163 Å². The van der Waals surface area contributed by atoms with Gasteiger partial charge in [-0.1, -0.05) is 19.4 Å². The zero-order valence-electron chi connectivity index (χ0n) is 16.7. The second-order valence-corrected chi connectivity index (χ2v) is 10.1. The van der Waals surface area contributed by atoms with Crippen LogP contribution in [0.3, 0.4) is 0 Å². The molecule has 0 aromatic heterocycles. The van der Waals surface area contributed by atoms with Gasteiger partial charge in [-0.25, -0.2) is 4.79 Å². The zero-order chi connectivity index (χ0) is 18.4. The quantitative estimate of drug-likeness (QED) is 0.691. The highest BCUT2D eigenvalue weighted by Crippen LogP contribution is 2.61. The average Bonchev–Trinajstić information content (AvgIpc) is 3.08. The van der Waals surface area contributed by atoms with E-state index in [0.29, 0.717) is 11.5 Å². The predicted octanol–water partition coefficient (Wildman–Crippen LogP) is 5.68. The van der Waals surface area contributed by atoms with Gasteiger partial charge in [-0.3, -0.25) is 0 Å². The minimum atomic E-state index is 0.00198. The van der Waals surface area contributed by atoms with Crippen LogP contribution in [0.5, 0.6) is 0 Å². The molecule has 4 bridgehead atoms. The molecule has 6 rings (SSSR count). The van der Waals surface area contributed by atoms with Crippen molar-refractivity contribution in [3.8, 4) is 0 Å². The van der Waals surface area contributed by atoms with Crippen LogP contribution in [-0.2, 0) is 12.8 Å². The van der Waals surface area contributed by atoms with Crippen molar-refractivity contribution < 1.29 is 4.79 Å². The Bertz CT molecular complexity index is 690. The fourth-order valence-electron chi connectivity index (χ4n) is 7.40. The molecule has 27 heavy (non-hydrogen) atoms. The molecule has 2 amide bonds. The Morgan fingerprint density at radius 3 is 2.41 bits per heavy atom. The first kappa shape index (κ1) is 17.6. The third kappa shape index (κ3) is 3.28. The van der Waals surface area contributed by atoms with Gasteiger partial charge in [0.25, 0.3) is 0 Å². The highest BCUT2D eigenvalue weighted by atomic mass is 16.2. The van der Waals surface area contributed by atoms with Crippen molar-refractivity contribution in [1.82, 2.24) is 5.32 Å². The number of nitrogens with one attached hydrogen (secondary N) is 2. The predicted molar refractivity (Wildman–Crippen MR) is 110 cm³/mol. The van der Waals surface area contributed by atoms with Crippen LogP contribution in [0.4, 0.5) is 10.5 Å². The molecule has 3 nitrogen and oxygen atoms in total. The number of anilines is 1. The standard InChI is InChI=1S/C24H34N2O/c1-2-4-22(24-13-16-9-17(14-24)11-18(10-16)15-24)26-23(27)25-21-8-7-19-5-3-6-20(19)12-21/h7-8,12,16-18,22H,2-6,9-11,13-15H2,1H3,(H2,25,26,27). The molecule has 0 heterocycles. The van der Waals surface area contributed by atoms with Crippen molar-refractivity contribution >= 4 is 11.7 Å². The van der Waals surface area contributed by atoms with E-state index in [0.717, 1.165) is 42.7 Å². The van der Waals surface area contributed by atoms with Crippen LogP contribution in [0.25, 0.3) is 0 Å². The monoisotopic (exact) mass is 366 g/mol. The van der Waals surface area contributed by atoms with Gasteiger partial charge in [0.15, 0.2) is 0 Å². The van der Waals surface area contributed by atoms with E-state index in [2.05, 4.69) is 35.8 Å². The maximum Gasteiger partial charge on any atom is 0.319 e. The lowest BCUT2D eigenvalue weighted by Gasteiger charge is -2.59. The van der Waals surface area contributed by atoms with Crippen LogP contribution >= 0.6 is 0 Å². The zero-order valence-corrected chi connectivity index (χ0v) is 16.7. The lowest BCUT2D eigenvalue weighted by Crippen LogP contribution is -2.57. The lowest BCUT2D eigenvalue weighted by atomic mass is 9.47. The van der Waals surface area contributed by atoms with Gasteiger partial charge in [0.05, 0.1) is 0 Å². The Kier molecular flexibility index (Phi) is 4.44. The summed E-state index contributed by atoms with van der Waals surface area (Å²) in [5, 5.41) is 6.58. The maximum absolute atomic E-state index is 12.9. The molecule has 0 spiro atoms. The summed E-state index contributed by atoms with van der Waals surface area (Å²) >= 11 is 0. The minimum absolute atomic E-state index is 0.00198. The summed E-state index contributed by atoms with van der Waals surface area (Å²) < 4.78 is 0. The summed E-state index contributed by atoms with van der Waals surface area (Å²) in [6, 6.07) is 6.79. The number of fused-ring (bicyclic) bond motifs is 1. The first-order valence-corrected chi connectivity index (χ1v) is 11.3. The number of rotatable bonds is 5. The van der Waals surface area contributed by atoms with Gasteiger partial charge in [0.1, 0.15) is 0 Å². The van der Waals surface area contributed by atoms with Gasteiger partial charge in [0, 0.05) is 11.7 Å². The average molecular weight is 367 g/mol. The minimum Gasteiger partial charge on any atom is -0.335 e. The van der Waals surface area contributed by atoms with Crippen LogP contribution in [0.1, 0.15) is 75.8 Å². The summed E-state index contributed by atoms with van der Waals surface area (Å²) in [5.74, 6) is 2.78. The van der Waals surface area contributed by atoms with E-state index < -0.39 is 0 Å². The summed E-state index contributed by atoms with van der Waals surface area (Å²) in [4.78, 5) is 12.9. The molecule has 2 N–H and O–H groups in total. The third-order valence-corrected chi connectivity index (χ3v) is 8.06. The third-order valence-electron chi connectivity index (χ3n) is 8.06. The fourth-order valence-corrected chi connectivity index (χ4v) is 7.40. The molecule has 0 aliphatic heterocycles. The summed E-state index contributed by atoms with van der Waals surface area (Å²) in [7, 11) is 0. The van der Waals surface area contributed by atoms with Crippen molar-refractivity contribution in [1.29, 1.82) is 0 Å². The molecule has 0 radical (unpaired) electrons. The van der Waals surface area contributed by atoms with Crippen molar-refractivity contribution in [3.05, 3.63) is 29.3 Å². The molecule has 0 saturated heterocycles. The Hall–Kier alpha value is -1.51. The number of carbonyl (C=O) groups is 1. The summed E-state index contributed by atoms with van der Waals surface area (Å²) in [6.45, 7) is 2.26. The maximum atomic E-state index is 12.9. The Morgan fingerprint density at radius 2 is 1.74 bits per heavy atom. The van der Waals surface area contributed by atoms with Crippen LogP contribution in [0.2, 0.25) is 0 Å². The number of amides is 2. The summed E-state index contributed by atoms with van der Waals surface area (Å²) in [5.41, 5.74) is 4.20. The van der Waals surface area contributed by atoms with E-state index in [1.165, 1.54) is 62.5 Å². The van der Waals surface area contributed by atoms with E-state index >= 15 is 0 Å².